The fourth-order valence-corrected chi connectivity index (χ4v) is 2.67. The van der Waals surface area contributed by atoms with E-state index in [4.69, 9.17) is 33.7 Å². The molecule has 1 aromatic rings. The van der Waals surface area contributed by atoms with E-state index in [0.29, 0.717) is 29.0 Å². The van der Waals surface area contributed by atoms with E-state index < -0.39 is 0 Å². The van der Waals surface area contributed by atoms with Gasteiger partial charge in [0.15, 0.2) is 0 Å². The zero-order valence-electron chi connectivity index (χ0n) is 11.9. The van der Waals surface area contributed by atoms with E-state index in [0.717, 1.165) is 24.2 Å². The Balaban J connectivity index is 2.85. The predicted octanol–water partition coefficient (Wildman–Crippen LogP) is 4.70. The summed E-state index contributed by atoms with van der Waals surface area (Å²) < 4.78 is 5.89. The van der Waals surface area contributed by atoms with Crippen LogP contribution >= 0.6 is 23.2 Å². The summed E-state index contributed by atoms with van der Waals surface area (Å²) in [5, 5.41) is 1.18. The maximum atomic E-state index is 6.23. The van der Waals surface area contributed by atoms with Gasteiger partial charge < -0.3 is 10.5 Å². The quantitative estimate of drug-likeness (QED) is 0.792. The Morgan fingerprint density at radius 1 is 1.26 bits per heavy atom. The van der Waals surface area contributed by atoms with Crippen molar-refractivity contribution in [3.63, 3.8) is 0 Å². The van der Waals surface area contributed by atoms with Gasteiger partial charge in [-0.15, -0.1) is 0 Å². The minimum Gasteiger partial charge on any atom is -0.491 e. The summed E-state index contributed by atoms with van der Waals surface area (Å²) in [5.74, 6) is 1.24. The van der Waals surface area contributed by atoms with Gasteiger partial charge in [0.1, 0.15) is 5.75 Å². The van der Waals surface area contributed by atoms with E-state index in [1.807, 2.05) is 13.0 Å². The molecule has 4 heteroatoms. The van der Waals surface area contributed by atoms with Gasteiger partial charge in [-0.2, -0.15) is 0 Å². The molecule has 0 radical (unpaired) electrons. The molecule has 0 aliphatic heterocycles. The fraction of sp³-hybridized carbons (Fsp3) is 0.600. The molecule has 0 heterocycles. The summed E-state index contributed by atoms with van der Waals surface area (Å²) in [4.78, 5) is 0. The van der Waals surface area contributed by atoms with Crippen molar-refractivity contribution in [2.24, 2.45) is 11.7 Å². The number of benzene rings is 1. The zero-order chi connectivity index (χ0) is 14.4. The third kappa shape index (κ3) is 5.60. The van der Waals surface area contributed by atoms with E-state index >= 15 is 0 Å². The summed E-state index contributed by atoms with van der Waals surface area (Å²) >= 11 is 12.3. The smallest absolute Gasteiger partial charge is 0.141 e. The molecular weight excluding hydrogens is 281 g/mol. The van der Waals surface area contributed by atoms with Crippen LogP contribution in [0, 0.1) is 5.92 Å². The van der Waals surface area contributed by atoms with Crippen LogP contribution in [0.1, 0.15) is 39.2 Å². The van der Waals surface area contributed by atoms with Crippen molar-refractivity contribution in [2.75, 3.05) is 6.61 Å². The molecule has 108 valence electrons. The lowest BCUT2D eigenvalue weighted by Crippen LogP contribution is -2.19. The number of hydrogen-bond acceptors (Lipinski definition) is 2. The molecule has 0 saturated carbocycles. The lowest BCUT2D eigenvalue weighted by atomic mass is 10.1. The second-order valence-corrected chi connectivity index (χ2v) is 6.11. The van der Waals surface area contributed by atoms with Crippen LogP contribution in [0.5, 0.6) is 5.75 Å². The summed E-state index contributed by atoms with van der Waals surface area (Å²) in [6.07, 6.45) is 3.01. The Kier molecular flexibility index (Phi) is 6.98. The van der Waals surface area contributed by atoms with Gasteiger partial charge in [-0.05, 0) is 43.4 Å². The van der Waals surface area contributed by atoms with Crippen LogP contribution < -0.4 is 10.5 Å². The van der Waals surface area contributed by atoms with Crippen LogP contribution in [0.3, 0.4) is 0 Å². The van der Waals surface area contributed by atoms with Gasteiger partial charge in [0, 0.05) is 11.1 Å². The highest BCUT2D eigenvalue weighted by molar-refractivity contribution is 6.35. The standard InChI is InChI=1S/C15H23Cl2NO/c1-4-5-10(2)9-19-15-12(6-11(3)18)7-13(16)8-14(15)17/h7-8,10-11H,4-6,9,18H2,1-3H3. The zero-order valence-corrected chi connectivity index (χ0v) is 13.4. The molecule has 2 nitrogen and oxygen atoms in total. The molecule has 0 aliphatic carbocycles. The normalized spacial score (nSPS) is 14.2. The second kappa shape index (κ2) is 7.98. The van der Waals surface area contributed by atoms with Crippen LogP contribution in [0.2, 0.25) is 10.0 Å². The first-order valence-corrected chi connectivity index (χ1v) is 7.55. The summed E-state index contributed by atoms with van der Waals surface area (Å²) in [6.45, 7) is 6.98. The Morgan fingerprint density at radius 3 is 2.53 bits per heavy atom. The minimum atomic E-state index is 0.0462. The van der Waals surface area contributed by atoms with Crippen LogP contribution in [-0.2, 0) is 6.42 Å². The molecule has 0 saturated heterocycles. The average Bonchev–Trinajstić information content (AvgIpc) is 2.27. The van der Waals surface area contributed by atoms with Crippen molar-refractivity contribution >= 4 is 23.2 Å². The molecule has 2 atom stereocenters. The van der Waals surface area contributed by atoms with E-state index in [2.05, 4.69) is 13.8 Å². The molecule has 0 spiro atoms. The molecule has 19 heavy (non-hydrogen) atoms. The molecule has 0 aliphatic rings. The Morgan fingerprint density at radius 2 is 1.95 bits per heavy atom. The highest BCUT2D eigenvalue weighted by atomic mass is 35.5. The first kappa shape index (κ1) is 16.6. The third-order valence-corrected chi connectivity index (χ3v) is 3.42. The van der Waals surface area contributed by atoms with E-state index in [-0.39, 0.29) is 6.04 Å². The van der Waals surface area contributed by atoms with Gasteiger partial charge >= 0.3 is 0 Å². The highest BCUT2D eigenvalue weighted by Crippen LogP contribution is 2.33. The maximum absolute atomic E-state index is 6.23. The SMILES string of the molecule is CCCC(C)COc1c(Cl)cc(Cl)cc1CC(C)N. The Labute approximate surface area is 126 Å². The van der Waals surface area contributed by atoms with Gasteiger partial charge in [0.05, 0.1) is 11.6 Å². The van der Waals surface area contributed by atoms with Gasteiger partial charge in [0.25, 0.3) is 0 Å². The van der Waals surface area contributed by atoms with Crippen molar-refractivity contribution in [3.8, 4) is 5.75 Å². The monoisotopic (exact) mass is 303 g/mol. The topological polar surface area (TPSA) is 35.2 Å². The third-order valence-electron chi connectivity index (χ3n) is 2.92. The molecule has 0 bridgehead atoms. The van der Waals surface area contributed by atoms with Gasteiger partial charge in [-0.1, -0.05) is 43.5 Å². The van der Waals surface area contributed by atoms with Crippen LogP contribution in [0.25, 0.3) is 0 Å². The number of nitrogens with two attached hydrogens (primary N) is 1. The van der Waals surface area contributed by atoms with Gasteiger partial charge in [-0.3, -0.25) is 0 Å². The van der Waals surface area contributed by atoms with Crippen molar-refractivity contribution in [1.82, 2.24) is 0 Å². The molecule has 0 fully saturated rings. The number of rotatable bonds is 7. The molecule has 1 aromatic carbocycles. The van der Waals surface area contributed by atoms with E-state index in [9.17, 15) is 0 Å². The number of hydrogen-bond donors (Lipinski definition) is 1. The maximum Gasteiger partial charge on any atom is 0.141 e. The fourth-order valence-electron chi connectivity index (χ4n) is 2.08. The van der Waals surface area contributed by atoms with Crippen molar-refractivity contribution in [3.05, 3.63) is 27.7 Å². The van der Waals surface area contributed by atoms with Crippen LogP contribution in [0.4, 0.5) is 0 Å². The van der Waals surface area contributed by atoms with E-state index in [1.54, 1.807) is 6.07 Å². The van der Waals surface area contributed by atoms with Gasteiger partial charge in [0.2, 0.25) is 0 Å². The molecule has 2 N–H and O–H groups in total. The summed E-state index contributed by atoms with van der Waals surface area (Å²) in [6, 6.07) is 3.65. The summed E-state index contributed by atoms with van der Waals surface area (Å²) in [7, 11) is 0. The molecule has 2 unspecified atom stereocenters. The van der Waals surface area contributed by atoms with E-state index in [1.165, 1.54) is 0 Å². The molecule has 1 rings (SSSR count). The first-order valence-electron chi connectivity index (χ1n) is 6.80. The molecule has 0 aromatic heterocycles. The lowest BCUT2D eigenvalue weighted by molar-refractivity contribution is 0.249. The Hall–Kier alpha value is -0.440. The largest absolute Gasteiger partial charge is 0.491 e. The average molecular weight is 304 g/mol. The van der Waals surface area contributed by atoms with Crippen LogP contribution in [-0.4, -0.2) is 12.6 Å². The molecule has 0 amide bonds. The van der Waals surface area contributed by atoms with Crippen molar-refractivity contribution in [2.45, 2.75) is 46.1 Å². The first-order chi connectivity index (χ1) is 8.93. The number of ether oxygens (including phenoxy) is 1. The van der Waals surface area contributed by atoms with Crippen molar-refractivity contribution < 1.29 is 4.74 Å². The predicted molar refractivity (Wildman–Crippen MR) is 83.4 cm³/mol. The van der Waals surface area contributed by atoms with Crippen LogP contribution in [0.15, 0.2) is 12.1 Å². The minimum absolute atomic E-state index is 0.0462. The highest BCUT2D eigenvalue weighted by Gasteiger charge is 2.13. The lowest BCUT2D eigenvalue weighted by Gasteiger charge is -2.17. The van der Waals surface area contributed by atoms with Crippen molar-refractivity contribution in [1.29, 1.82) is 0 Å². The molecular formula is C15H23Cl2NO. The summed E-state index contributed by atoms with van der Waals surface area (Å²) in [5.41, 5.74) is 6.84. The Bertz CT molecular complexity index is 407. The number of halogens is 2. The van der Waals surface area contributed by atoms with Gasteiger partial charge in [-0.25, -0.2) is 0 Å². The second-order valence-electron chi connectivity index (χ2n) is 5.26.